The van der Waals surface area contributed by atoms with Gasteiger partial charge in [0.25, 0.3) is 0 Å². The Bertz CT molecular complexity index is 340. The van der Waals surface area contributed by atoms with E-state index in [0.29, 0.717) is 17.4 Å². The van der Waals surface area contributed by atoms with Gasteiger partial charge in [0.05, 0.1) is 4.34 Å². The van der Waals surface area contributed by atoms with Gasteiger partial charge in [-0.2, -0.15) is 0 Å². The molecule has 0 saturated carbocycles. The fourth-order valence-electron chi connectivity index (χ4n) is 1.79. The molecule has 0 aliphatic heterocycles. The quantitative estimate of drug-likeness (QED) is 0.826. The first-order valence-electron chi connectivity index (χ1n) is 6.24. The van der Waals surface area contributed by atoms with E-state index in [2.05, 4.69) is 46.1 Å². The lowest BCUT2D eigenvalue weighted by molar-refractivity contribution is 0.225. The van der Waals surface area contributed by atoms with Gasteiger partial charge < -0.3 is 5.32 Å². The Morgan fingerprint density at radius 1 is 1.35 bits per heavy atom. The lowest BCUT2D eigenvalue weighted by Crippen LogP contribution is -2.32. The summed E-state index contributed by atoms with van der Waals surface area (Å²) in [6, 6.07) is 4.67. The number of hydrogen-bond acceptors (Lipinski definition) is 2. The summed E-state index contributed by atoms with van der Waals surface area (Å²) in [4.78, 5) is 1.37. The third kappa shape index (κ3) is 4.99. The predicted molar refractivity (Wildman–Crippen MR) is 79.1 cm³/mol. The van der Waals surface area contributed by atoms with Gasteiger partial charge in [-0.3, -0.25) is 0 Å². The highest BCUT2D eigenvalue weighted by molar-refractivity contribution is 7.16. The Morgan fingerprint density at radius 3 is 2.41 bits per heavy atom. The van der Waals surface area contributed by atoms with Crippen LogP contribution < -0.4 is 5.32 Å². The zero-order valence-electron chi connectivity index (χ0n) is 11.5. The molecule has 0 amide bonds. The van der Waals surface area contributed by atoms with Crippen LogP contribution in [-0.4, -0.2) is 13.1 Å². The van der Waals surface area contributed by atoms with Crippen molar-refractivity contribution in [3.63, 3.8) is 0 Å². The molecule has 0 bridgehead atoms. The summed E-state index contributed by atoms with van der Waals surface area (Å²) in [7, 11) is 2.05. The van der Waals surface area contributed by atoms with Gasteiger partial charge in [0.2, 0.25) is 0 Å². The summed E-state index contributed by atoms with van der Waals surface area (Å²) in [5.41, 5.74) is 0.377. The molecule has 1 aromatic heterocycles. The molecule has 0 saturated heterocycles. The zero-order chi connectivity index (χ0) is 13.1. The first kappa shape index (κ1) is 15.0. The Morgan fingerprint density at radius 2 is 2.00 bits per heavy atom. The van der Waals surface area contributed by atoms with Crippen LogP contribution in [0.4, 0.5) is 0 Å². The Labute approximate surface area is 115 Å². The van der Waals surface area contributed by atoms with E-state index in [0.717, 1.165) is 10.8 Å². The molecular formula is C14H24ClNS. The Balaban J connectivity index is 2.55. The molecule has 2 unspecified atom stereocenters. The molecule has 0 fully saturated rings. The number of thiophene rings is 1. The molecule has 1 heterocycles. The molecule has 0 radical (unpaired) electrons. The van der Waals surface area contributed by atoms with Crippen LogP contribution in [0.1, 0.15) is 39.0 Å². The fraction of sp³-hybridized carbons (Fsp3) is 0.714. The van der Waals surface area contributed by atoms with E-state index >= 15 is 0 Å². The Hall–Kier alpha value is -0.0500. The van der Waals surface area contributed by atoms with Crippen LogP contribution in [0.2, 0.25) is 4.34 Å². The van der Waals surface area contributed by atoms with Crippen molar-refractivity contribution in [1.82, 2.24) is 5.32 Å². The van der Waals surface area contributed by atoms with E-state index in [-0.39, 0.29) is 0 Å². The maximum absolute atomic E-state index is 5.96. The number of rotatable bonds is 5. The van der Waals surface area contributed by atoms with Gasteiger partial charge in [-0.1, -0.05) is 39.3 Å². The highest BCUT2D eigenvalue weighted by atomic mass is 35.5. The van der Waals surface area contributed by atoms with Crippen molar-refractivity contribution in [3.05, 3.63) is 21.3 Å². The Kier molecular flexibility index (Phi) is 5.49. The molecule has 17 heavy (non-hydrogen) atoms. The molecule has 0 aliphatic carbocycles. The highest BCUT2D eigenvalue weighted by Crippen LogP contribution is 2.30. The topological polar surface area (TPSA) is 12.0 Å². The van der Waals surface area contributed by atoms with Crippen molar-refractivity contribution in [2.45, 2.75) is 46.6 Å². The summed E-state index contributed by atoms with van der Waals surface area (Å²) in [5, 5.41) is 3.43. The smallest absolute Gasteiger partial charge is 0.0931 e. The average molecular weight is 274 g/mol. The van der Waals surface area contributed by atoms with E-state index < -0.39 is 0 Å². The van der Waals surface area contributed by atoms with Gasteiger partial charge >= 0.3 is 0 Å². The van der Waals surface area contributed by atoms with Crippen molar-refractivity contribution in [2.24, 2.45) is 11.3 Å². The summed E-state index contributed by atoms with van der Waals surface area (Å²) < 4.78 is 0.888. The fourth-order valence-corrected chi connectivity index (χ4v) is 2.96. The summed E-state index contributed by atoms with van der Waals surface area (Å²) in [6.45, 7) is 9.27. The molecule has 1 rings (SSSR count). The lowest BCUT2D eigenvalue weighted by Gasteiger charge is -2.30. The van der Waals surface area contributed by atoms with Crippen LogP contribution >= 0.6 is 22.9 Å². The van der Waals surface area contributed by atoms with Crippen LogP contribution in [0.5, 0.6) is 0 Å². The molecule has 0 aromatic carbocycles. The SMILES string of the molecule is CNC(Cc1ccc(Cl)s1)CC(C)C(C)(C)C. The van der Waals surface area contributed by atoms with Crippen molar-refractivity contribution in [2.75, 3.05) is 7.05 Å². The molecular weight excluding hydrogens is 250 g/mol. The number of likely N-dealkylation sites (N-methyl/N-ethyl adjacent to an activating group) is 1. The summed E-state index contributed by atoms with van der Waals surface area (Å²) in [6.07, 6.45) is 2.28. The van der Waals surface area contributed by atoms with E-state index in [9.17, 15) is 0 Å². The second-order valence-electron chi connectivity index (χ2n) is 5.90. The molecule has 3 heteroatoms. The predicted octanol–water partition coefficient (Wildman–Crippen LogP) is 4.60. The van der Waals surface area contributed by atoms with E-state index in [4.69, 9.17) is 11.6 Å². The third-order valence-electron chi connectivity index (χ3n) is 3.60. The van der Waals surface area contributed by atoms with Crippen LogP contribution in [0.25, 0.3) is 0 Å². The maximum Gasteiger partial charge on any atom is 0.0931 e. The van der Waals surface area contributed by atoms with Gasteiger partial charge in [0.15, 0.2) is 0 Å². The van der Waals surface area contributed by atoms with E-state index in [1.54, 1.807) is 11.3 Å². The molecule has 98 valence electrons. The standard InChI is InChI=1S/C14H24ClNS/c1-10(14(2,3)4)8-11(16-5)9-12-6-7-13(15)17-12/h6-7,10-11,16H,8-9H2,1-5H3. The summed E-state index contributed by atoms with van der Waals surface area (Å²) in [5.74, 6) is 0.704. The molecule has 0 spiro atoms. The highest BCUT2D eigenvalue weighted by Gasteiger charge is 2.23. The molecule has 1 N–H and O–H groups in total. The average Bonchev–Trinajstić information content (AvgIpc) is 2.61. The first-order chi connectivity index (χ1) is 7.82. The van der Waals surface area contributed by atoms with E-state index in [1.165, 1.54) is 11.3 Å². The minimum atomic E-state index is 0.377. The van der Waals surface area contributed by atoms with Crippen molar-refractivity contribution in [1.29, 1.82) is 0 Å². The van der Waals surface area contributed by atoms with Crippen LogP contribution in [0, 0.1) is 11.3 Å². The minimum absolute atomic E-state index is 0.377. The van der Waals surface area contributed by atoms with Gasteiger partial charge in [-0.15, -0.1) is 11.3 Å². The maximum atomic E-state index is 5.96. The largest absolute Gasteiger partial charge is 0.317 e. The van der Waals surface area contributed by atoms with E-state index in [1.807, 2.05) is 6.07 Å². The third-order valence-corrected chi connectivity index (χ3v) is 4.85. The van der Waals surface area contributed by atoms with Gasteiger partial charge in [-0.25, -0.2) is 0 Å². The number of halogens is 1. The summed E-state index contributed by atoms with van der Waals surface area (Å²) >= 11 is 7.65. The zero-order valence-corrected chi connectivity index (χ0v) is 13.1. The second-order valence-corrected chi connectivity index (χ2v) is 7.70. The van der Waals surface area contributed by atoms with Crippen LogP contribution in [0.15, 0.2) is 12.1 Å². The molecule has 0 aliphatic rings. The molecule has 1 aromatic rings. The first-order valence-corrected chi connectivity index (χ1v) is 7.44. The number of hydrogen-bond donors (Lipinski definition) is 1. The van der Waals surface area contributed by atoms with Gasteiger partial charge in [0, 0.05) is 10.9 Å². The van der Waals surface area contributed by atoms with Crippen LogP contribution in [0.3, 0.4) is 0 Å². The molecule has 1 nitrogen and oxygen atoms in total. The van der Waals surface area contributed by atoms with Crippen molar-refractivity contribution in [3.8, 4) is 0 Å². The van der Waals surface area contributed by atoms with Gasteiger partial charge in [-0.05, 0) is 43.4 Å². The van der Waals surface area contributed by atoms with Crippen LogP contribution in [-0.2, 0) is 6.42 Å². The van der Waals surface area contributed by atoms with Gasteiger partial charge in [0.1, 0.15) is 0 Å². The minimum Gasteiger partial charge on any atom is -0.317 e. The second kappa shape index (κ2) is 6.21. The normalized spacial score (nSPS) is 15.9. The number of nitrogens with one attached hydrogen (secondary N) is 1. The molecule has 2 atom stereocenters. The van der Waals surface area contributed by atoms with Crippen molar-refractivity contribution >= 4 is 22.9 Å². The monoisotopic (exact) mass is 273 g/mol. The lowest BCUT2D eigenvalue weighted by atomic mass is 9.78. The van der Waals surface area contributed by atoms with Crippen molar-refractivity contribution < 1.29 is 0 Å².